The summed E-state index contributed by atoms with van der Waals surface area (Å²) in [6.45, 7) is 8.09. The molecule has 3 N–H and O–H groups in total. The van der Waals surface area contributed by atoms with Gasteiger partial charge in [-0.05, 0) is 51.5 Å². The molecule has 1 heterocycles. The maximum Gasteiger partial charge on any atom is 0.224 e. The number of nitrogens with zero attached hydrogens (tertiary/aromatic N) is 2. The van der Waals surface area contributed by atoms with Crippen LogP contribution >= 0.6 is 46.9 Å². The average Bonchev–Trinajstić information content (AvgIpc) is 2.95. The van der Waals surface area contributed by atoms with Crippen molar-refractivity contribution in [3.8, 4) is 0 Å². The van der Waals surface area contributed by atoms with E-state index in [9.17, 15) is 4.79 Å². The number of rotatable bonds is 8. The van der Waals surface area contributed by atoms with Gasteiger partial charge >= 0.3 is 0 Å². The number of benzene rings is 1. The molecule has 28 heavy (non-hydrogen) atoms. The Morgan fingerprint density at radius 2 is 1.93 bits per heavy atom. The van der Waals surface area contributed by atoms with Gasteiger partial charge in [0.1, 0.15) is 0 Å². The van der Waals surface area contributed by atoms with Gasteiger partial charge in [0, 0.05) is 35.1 Å². The number of guanidine groups is 1. The summed E-state index contributed by atoms with van der Waals surface area (Å²) in [4.78, 5) is 22.2. The summed E-state index contributed by atoms with van der Waals surface area (Å²) >= 11 is 7.51. The van der Waals surface area contributed by atoms with Crippen molar-refractivity contribution in [2.75, 3.05) is 18.4 Å². The molecular weight excluding hydrogens is 509 g/mol. The Kier molecular flexibility index (Phi) is 11.4. The number of anilines is 1. The number of nitrogens with one attached hydrogen (secondary N) is 3. The molecule has 0 saturated carbocycles. The average molecular weight is 536 g/mol. The second kappa shape index (κ2) is 12.9. The van der Waals surface area contributed by atoms with Gasteiger partial charge in [-0.15, -0.1) is 35.3 Å². The highest BCUT2D eigenvalue weighted by Crippen LogP contribution is 2.17. The van der Waals surface area contributed by atoms with E-state index in [0.717, 1.165) is 28.9 Å². The maximum atomic E-state index is 12.0. The number of aryl methyl sites for hydroxylation is 2. The van der Waals surface area contributed by atoms with Gasteiger partial charge in [0.15, 0.2) is 5.96 Å². The first-order chi connectivity index (χ1) is 13.0. The number of carbonyl (C=O) groups is 1. The minimum atomic E-state index is -0.0168. The molecule has 0 saturated heterocycles. The molecule has 1 amide bonds. The highest BCUT2D eigenvalue weighted by atomic mass is 127. The van der Waals surface area contributed by atoms with Gasteiger partial charge in [0.25, 0.3) is 0 Å². The summed E-state index contributed by atoms with van der Waals surface area (Å²) in [5.74, 6) is 0.734. The Balaban J connectivity index is 0.00000392. The van der Waals surface area contributed by atoms with Crippen molar-refractivity contribution in [1.82, 2.24) is 15.6 Å². The summed E-state index contributed by atoms with van der Waals surface area (Å²) in [7, 11) is 0. The van der Waals surface area contributed by atoms with E-state index in [1.165, 1.54) is 4.88 Å². The number of thiazole rings is 1. The molecule has 0 fully saturated rings. The monoisotopic (exact) mass is 535 g/mol. The highest BCUT2D eigenvalue weighted by Gasteiger charge is 2.06. The molecule has 0 aliphatic heterocycles. The topological polar surface area (TPSA) is 78.4 Å². The summed E-state index contributed by atoms with van der Waals surface area (Å²) in [6.07, 6.45) is 1.14. The first kappa shape index (κ1) is 24.6. The van der Waals surface area contributed by atoms with Crippen LogP contribution in [0.4, 0.5) is 5.69 Å². The lowest BCUT2D eigenvalue weighted by atomic mass is 10.2. The summed E-state index contributed by atoms with van der Waals surface area (Å²) < 4.78 is 0. The summed E-state index contributed by atoms with van der Waals surface area (Å²) in [6, 6.07) is 7.09. The van der Waals surface area contributed by atoms with Crippen molar-refractivity contribution in [3.05, 3.63) is 44.9 Å². The number of hydrogen-bond donors (Lipinski definition) is 3. The maximum absolute atomic E-state index is 12.0. The third-order valence-corrected chi connectivity index (χ3v) is 5.04. The SMILES string of the molecule is CCNC(=NCc1sc(C)nc1C)NCCCC(=O)Nc1ccc(Cl)cc1.I. The number of carbonyl (C=O) groups excluding carboxylic acids is 1. The van der Waals surface area contributed by atoms with Crippen LogP contribution in [-0.2, 0) is 11.3 Å². The Hall–Kier alpha value is -1.39. The second-order valence-corrected chi connectivity index (χ2v) is 7.75. The van der Waals surface area contributed by atoms with Crippen LogP contribution in [-0.4, -0.2) is 29.9 Å². The standard InChI is InChI=1S/C19H26ClN5OS.HI/c1-4-21-19(23-12-17-13(2)24-14(3)27-17)22-11-5-6-18(26)25-16-9-7-15(20)8-10-16;/h7-10H,4-6,11-12H2,1-3H3,(H,25,26)(H2,21,22,23);1H. The summed E-state index contributed by atoms with van der Waals surface area (Å²) in [5, 5.41) is 11.1. The Morgan fingerprint density at radius 3 is 2.54 bits per heavy atom. The smallest absolute Gasteiger partial charge is 0.224 e. The Morgan fingerprint density at radius 1 is 1.21 bits per heavy atom. The number of aliphatic imine (C=N–C) groups is 1. The molecule has 2 aromatic rings. The van der Waals surface area contributed by atoms with Crippen LogP contribution in [0.3, 0.4) is 0 Å². The fourth-order valence-corrected chi connectivity index (χ4v) is 3.41. The van der Waals surface area contributed by atoms with E-state index >= 15 is 0 Å². The van der Waals surface area contributed by atoms with Crippen LogP contribution in [0.2, 0.25) is 5.02 Å². The van der Waals surface area contributed by atoms with E-state index in [4.69, 9.17) is 11.6 Å². The lowest BCUT2D eigenvalue weighted by Crippen LogP contribution is -2.38. The highest BCUT2D eigenvalue weighted by molar-refractivity contribution is 14.0. The predicted octanol–water partition coefficient (Wildman–Crippen LogP) is 4.51. The van der Waals surface area contributed by atoms with E-state index < -0.39 is 0 Å². The lowest BCUT2D eigenvalue weighted by molar-refractivity contribution is -0.116. The Bertz CT molecular complexity index is 779. The van der Waals surface area contributed by atoms with Crippen LogP contribution in [0, 0.1) is 13.8 Å². The van der Waals surface area contributed by atoms with E-state index in [1.807, 2.05) is 20.8 Å². The first-order valence-electron chi connectivity index (χ1n) is 8.98. The van der Waals surface area contributed by atoms with Crippen LogP contribution in [0.15, 0.2) is 29.3 Å². The van der Waals surface area contributed by atoms with Gasteiger partial charge in [-0.3, -0.25) is 4.79 Å². The quantitative estimate of drug-likeness (QED) is 0.201. The van der Waals surface area contributed by atoms with E-state index in [1.54, 1.807) is 35.6 Å². The molecule has 0 aliphatic carbocycles. The minimum absolute atomic E-state index is 0. The van der Waals surface area contributed by atoms with Crippen molar-refractivity contribution < 1.29 is 4.79 Å². The summed E-state index contributed by atoms with van der Waals surface area (Å²) in [5.41, 5.74) is 1.79. The van der Waals surface area contributed by atoms with Gasteiger partial charge in [0.2, 0.25) is 5.91 Å². The van der Waals surface area contributed by atoms with E-state index in [0.29, 0.717) is 31.0 Å². The predicted molar refractivity (Wildman–Crippen MR) is 129 cm³/mol. The van der Waals surface area contributed by atoms with E-state index in [2.05, 4.69) is 25.9 Å². The van der Waals surface area contributed by atoms with Crippen molar-refractivity contribution >= 4 is 64.5 Å². The Labute approximate surface area is 192 Å². The fraction of sp³-hybridized carbons (Fsp3) is 0.421. The molecule has 1 aromatic heterocycles. The van der Waals surface area contributed by atoms with Crippen LogP contribution in [0.5, 0.6) is 0 Å². The van der Waals surface area contributed by atoms with Gasteiger partial charge in [0.05, 0.1) is 17.2 Å². The first-order valence-corrected chi connectivity index (χ1v) is 10.2. The van der Waals surface area contributed by atoms with Crippen molar-refractivity contribution in [3.63, 3.8) is 0 Å². The molecular formula is C19H27ClIN5OS. The molecule has 0 spiro atoms. The zero-order valence-electron chi connectivity index (χ0n) is 16.3. The van der Waals surface area contributed by atoms with Crippen molar-refractivity contribution in [2.45, 2.75) is 40.2 Å². The van der Waals surface area contributed by atoms with E-state index in [-0.39, 0.29) is 29.9 Å². The van der Waals surface area contributed by atoms with Gasteiger partial charge in [-0.25, -0.2) is 9.98 Å². The molecule has 2 rings (SSSR count). The van der Waals surface area contributed by atoms with Crippen LogP contribution < -0.4 is 16.0 Å². The second-order valence-electron chi connectivity index (χ2n) is 6.02. The largest absolute Gasteiger partial charge is 0.357 e. The molecule has 0 unspecified atom stereocenters. The third-order valence-electron chi connectivity index (χ3n) is 3.73. The molecule has 0 radical (unpaired) electrons. The van der Waals surface area contributed by atoms with Crippen molar-refractivity contribution in [1.29, 1.82) is 0 Å². The third kappa shape index (κ3) is 8.74. The van der Waals surface area contributed by atoms with Crippen LogP contribution in [0.25, 0.3) is 0 Å². The zero-order valence-corrected chi connectivity index (χ0v) is 20.2. The molecule has 0 atom stereocenters. The molecule has 0 aliphatic rings. The van der Waals surface area contributed by atoms with Crippen LogP contribution in [0.1, 0.15) is 35.3 Å². The number of aromatic nitrogens is 1. The number of amides is 1. The fourth-order valence-electron chi connectivity index (χ4n) is 2.43. The molecule has 1 aromatic carbocycles. The number of hydrogen-bond acceptors (Lipinski definition) is 4. The van der Waals surface area contributed by atoms with Gasteiger partial charge < -0.3 is 16.0 Å². The normalized spacial score (nSPS) is 10.9. The molecule has 6 nitrogen and oxygen atoms in total. The molecule has 0 bridgehead atoms. The van der Waals surface area contributed by atoms with Gasteiger partial charge in [-0.2, -0.15) is 0 Å². The number of halogens is 2. The van der Waals surface area contributed by atoms with Gasteiger partial charge in [-0.1, -0.05) is 11.6 Å². The lowest BCUT2D eigenvalue weighted by Gasteiger charge is -2.11. The molecule has 9 heteroatoms. The minimum Gasteiger partial charge on any atom is -0.357 e. The van der Waals surface area contributed by atoms with Crippen molar-refractivity contribution in [2.24, 2.45) is 4.99 Å². The molecule has 154 valence electrons. The zero-order chi connectivity index (χ0) is 19.6.